The fourth-order valence-corrected chi connectivity index (χ4v) is 3.03. The van der Waals surface area contributed by atoms with Crippen LogP contribution in [0.2, 0.25) is 5.15 Å². The lowest BCUT2D eigenvalue weighted by molar-refractivity contribution is 0.362. The summed E-state index contributed by atoms with van der Waals surface area (Å²) in [6.45, 7) is 2.19. The molecule has 1 atom stereocenters. The lowest BCUT2D eigenvalue weighted by Crippen LogP contribution is -2.31. The van der Waals surface area contributed by atoms with E-state index in [1.807, 2.05) is 22.6 Å². The van der Waals surface area contributed by atoms with E-state index in [0.29, 0.717) is 11.1 Å². The van der Waals surface area contributed by atoms with Gasteiger partial charge in [0.05, 0.1) is 12.6 Å². The molecular formula is C14H18ClN3O. The topological polar surface area (TPSA) is 38.6 Å². The highest BCUT2D eigenvalue weighted by Crippen LogP contribution is 2.26. The highest BCUT2D eigenvalue weighted by molar-refractivity contribution is 6.32. The average molecular weight is 280 g/mol. The number of methoxy groups -OCH3 is 1. The Balaban J connectivity index is 1.98. The van der Waals surface area contributed by atoms with E-state index in [0.717, 1.165) is 36.7 Å². The zero-order valence-electron chi connectivity index (χ0n) is 11.0. The third-order valence-corrected chi connectivity index (χ3v) is 4.01. The molecule has 1 fully saturated rings. The maximum absolute atomic E-state index is 6.22. The molecule has 3 rings (SSSR count). The largest absolute Gasteiger partial charge is 0.482 e. The molecule has 0 aliphatic carbocycles. The van der Waals surface area contributed by atoms with Gasteiger partial charge in [0.15, 0.2) is 11.0 Å². The molecule has 0 aromatic carbocycles. The number of hydrogen-bond acceptors (Lipinski definition) is 3. The summed E-state index contributed by atoms with van der Waals surface area (Å²) in [5, 5.41) is 3.99. The van der Waals surface area contributed by atoms with Crippen LogP contribution in [0.15, 0.2) is 18.2 Å². The molecule has 0 saturated carbocycles. The number of nitrogens with zero attached hydrogens (tertiary/aromatic N) is 2. The Morgan fingerprint density at radius 3 is 3.16 bits per heavy atom. The van der Waals surface area contributed by atoms with Gasteiger partial charge in [-0.3, -0.25) is 4.40 Å². The van der Waals surface area contributed by atoms with E-state index in [9.17, 15) is 0 Å². The molecule has 19 heavy (non-hydrogen) atoms. The van der Waals surface area contributed by atoms with Crippen molar-refractivity contribution in [3.8, 4) is 5.88 Å². The molecule has 102 valence electrons. The molecule has 1 saturated heterocycles. The highest BCUT2D eigenvalue weighted by atomic mass is 35.5. The number of fused-ring (bicyclic) bond motifs is 1. The number of piperidine rings is 1. The van der Waals surface area contributed by atoms with E-state index in [4.69, 9.17) is 16.3 Å². The van der Waals surface area contributed by atoms with Gasteiger partial charge in [-0.05, 0) is 44.0 Å². The van der Waals surface area contributed by atoms with E-state index in [2.05, 4.69) is 10.3 Å². The lowest BCUT2D eigenvalue weighted by Gasteiger charge is -2.22. The molecule has 0 bridgehead atoms. The van der Waals surface area contributed by atoms with Crippen LogP contribution in [0, 0.1) is 5.92 Å². The van der Waals surface area contributed by atoms with Crippen LogP contribution in [-0.4, -0.2) is 29.6 Å². The minimum atomic E-state index is 0.553. The summed E-state index contributed by atoms with van der Waals surface area (Å²) in [4.78, 5) is 4.51. The monoisotopic (exact) mass is 279 g/mol. The Hall–Kier alpha value is -1.26. The number of nitrogens with one attached hydrogen (secondary N) is 1. The van der Waals surface area contributed by atoms with Crippen molar-refractivity contribution in [2.24, 2.45) is 5.92 Å². The highest BCUT2D eigenvalue weighted by Gasteiger charge is 2.19. The molecule has 5 heteroatoms. The molecule has 1 aliphatic rings. The summed E-state index contributed by atoms with van der Waals surface area (Å²) >= 11 is 6.22. The first-order valence-corrected chi connectivity index (χ1v) is 7.08. The second kappa shape index (κ2) is 5.39. The number of aromatic nitrogens is 2. The summed E-state index contributed by atoms with van der Waals surface area (Å²) in [5.41, 5.74) is 0.916. The van der Waals surface area contributed by atoms with Crippen LogP contribution in [0.4, 0.5) is 0 Å². The molecule has 1 unspecified atom stereocenters. The first-order valence-electron chi connectivity index (χ1n) is 6.70. The predicted octanol–water partition coefficient (Wildman–Crippen LogP) is 2.54. The third kappa shape index (κ3) is 2.42. The van der Waals surface area contributed by atoms with Crippen molar-refractivity contribution in [3.63, 3.8) is 0 Å². The van der Waals surface area contributed by atoms with Crippen LogP contribution >= 0.6 is 11.6 Å². The molecule has 1 N–H and O–H groups in total. The molecule has 1 aliphatic heterocycles. The van der Waals surface area contributed by atoms with Crippen LogP contribution < -0.4 is 10.1 Å². The quantitative estimate of drug-likeness (QED) is 0.938. The summed E-state index contributed by atoms with van der Waals surface area (Å²) < 4.78 is 7.44. The minimum Gasteiger partial charge on any atom is -0.482 e. The van der Waals surface area contributed by atoms with E-state index < -0.39 is 0 Å². The Morgan fingerprint density at radius 2 is 2.42 bits per heavy atom. The number of imidazole rings is 1. The SMILES string of the molecule is COc1cccc2c(Cl)nc(CC3CCCNC3)n12. The maximum atomic E-state index is 6.22. The fraction of sp³-hybridized carbons (Fsp3) is 0.500. The number of rotatable bonds is 3. The lowest BCUT2D eigenvalue weighted by atomic mass is 9.96. The first kappa shape index (κ1) is 12.8. The van der Waals surface area contributed by atoms with Crippen molar-refractivity contribution in [2.45, 2.75) is 19.3 Å². The standard InChI is InChI=1S/C14H18ClN3O/c1-19-13-6-2-5-11-14(15)17-12(18(11)13)8-10-4-3-7-16-9-10/h2,5-6,10,16H,3-4,7-9H2,1H3. The van der Waals surface area contributed by atoms with Gasteiger partial charge in [0.2, 0.25) is 0 Å². The van der Waals surface area contributed by atoms with Gasteiger partial charge in [-0.25, -0.2) is 4.98 Å². The van der Waals surface area contributed by atoms with Gasteiger partial charge in [0.1, 0.15) is 5.82 Å². The average Bonchev–Trinajstić information content (AvgIpc) is 2.77. The number of ether oxygens (including phenoxy) is 1. The number of halogens is 1. The van der Waals surface area contributed by atoms with Crippen LogP contribution in [0.25, 0.3) is 5.52 Å². The van der Waals surface area contributed by atoms with Gasteiger partial charge >= 0.3 is 0 Å². The molecule has 2 aromatic rings. The second-order valence-corrected chi connectivity index (χ2v) is 5.38. The summed E-state index contributed by atoms with van der Waals surface area (Å²) in [7, 11) is 1.68. The molecule has 0 radical (unpaired) electrons. The van der Waals surface area contributed by atoms with Crippen molar-refractivity contribution in [1.82, 2.24) is 14.7 Å². The minimum absolute atomic E-state index is 0.553. The number of hydrogen-bond donors (Lipinski definition) is 1. The van der Waals surface area contributed by atoms with Crippen LogP contribution in [-0.2, 0) is 6.42 Å². The Bertz CT molecular complexity index is 575. The first-order chi connectivity index (χ1) is 9.29. The molecule has 4 nitrogen and oxygen atoms in total. The van der Waals surface area contributed by atoms with Crippen LogP contribution in [0.5, 0.6) is 5.88 Å². The van der Waals surface area contributed by atoms with Crippen molar-refractivity contribution < 1.29 is 4.74 Å². The van der Waals surface area contributed by atoms with E-state index in [1.165, 1.54) is 12.8 Å². The third-order valence-electron chi connectivity index (χ3n) is 3.73. The van der Waals surface area contributed by atoms with Gasteiger partial charge in [-0.15, -0.1) is 0 Å². The van der Waals surface area contributed by atoms with Crippen molar-refractivity contribution in [3.05, 3.63) is 29.2 Å². The van der Waals surface area contributed by atoms with Crippen LogP contribution in [0.3, 0.4) is 0 Å². The summed E-state index contributed by atoms with van der Waals surface area (Å²) in [6, 6.07) is 5.85. The van der Waals surface area contributed by atoms with Crippen molar-refractivity contribution in [2.75, 3.05) is 20.2 Å². The zero-order chi connectivity index (χ0) is 13.2. The summed E-state index contributed by atoms with van der Waals surface area (Å²) in [5.74, 6) is 2.40. The van der Waals surface area contributed by atoms with Crippen molar-refractivity contribution in [1.29, 1.82) is 0 Å². The molecule has 0 amide bonds. The maximum Gasteiger partial charge on any atom is 0.199 e. The van der Waals surface area contributed by atoms with Gasteiger partial charge in [0.25, 0.3) is 0 Å². The second-order valence-electron chi connectivity index (χ2n) is 5.02. The molecular weight excluding hydrogens is 262 g/mol. The van der Waals surface area contributed by atoms with E-state index in [-0.39, 0.29) is 0 Å². The zero-order valence-corrected chi connectivity index (χ0v) is 11.8. The molecule has 3 heterocycles. The van der Waals surface area contributed by atoms with Gasteiger partial charge in [-0.1, -0.05) is 17.7 Å². The Kier molecular flexibility index (Phi) is 3.62. The van der Waals surface area contributed by atoms with Crippen LogP contribution in [0.1, 0.15) is 18.7 Å². The van der Waals surface area contributed by atoms with Gasteiger partial charge < -0.3 is 10.1 Å². The van der Waals surface area contributed by atoms with Crippen molar-refractivity contribution >= 4 is 17.1 Å². The number of pyridine rings is 1. The fourth-order valence-electron chi connectivity index (χ4n) is 2.79. The Morgan fingerprint density at radius 1 is 1.53 bits per heavy atom. The molecule has 2 aromatic heterocycles. The Labute approximate surface area is 117 Å². The predicted molar refractivity (Wildman–Crippen MR) is 76.1 cm³/mol. The molecule has 0 spiro atoms. The summed E-state index contributed by atoms with van der Waals surface area (Å²) in [6.07, 6.45) is 3.41. The smallest absolute Gasteiger partial charge is 0.199 e. The van der Waals surface area contributed by atoms with E-state index >= 15 is 0 Å². The normalized spacial score (nSPS) is 19.8. The van der Waals surface area contributed by atoms with Gasteiger partial charge in [-0.2, -0.15) is 0 Å². The van der Waals surface area contributed by atoms with E-state index in [1.54, 1.807) is 7.11 Å². The van der Waals surface area contributed by atoms with Gasteiger partial charge in [0, 0.05) is 6.42 Å².